The fourth-order valence-corrected chi connectivity index (χ4v) is 2.06. The molecule has 16 heavy (non-hydrogen) atoms. The van der Waals surface area contributed by atoms with Gasteiger partial charge in [-0.15, -0.1) is 0 Å². The molecule has 4 nitrogen and oxygen atoms in total. The van der Waals surface area contributed by atoms with E-state index >= 15 is 0 Å². The zero-order valence-corrected chi connectivity index (χ0v) is 11.0. The summed E-state index contributed by atoms with van der Waals surface area (Å²) in [6, 6.07) is 0. The van der Waals surface area contributed by atoms with E-state index in [1.165, 1.54) is 0 Å². The maximum Gasteiger partial charge on any atom is 0.148 e. The smallest absolute Gasteiger partial charge is 0.148 e. The summed E-state index contributed by atoms with van der Waals surface area (Å²) in [6.45, 7) is 9.94. The van der Waals surface area contributed by atoms with E-state index in [0.29, 0.717) is 13.2 Å². The van der Waals surface area contributed by atoms with E-state index < -0.39 is 6.10 Å². The van der Waals surface area contributed by atoms with Crippen molar-refractivity contribution in [3.63, 3.8) is 0 Å². The zero-order chi connectivity index (χ0) is 12.8. The largest absolute Gasteiger partial charge is 0.445 e. The Hall–Kier alpha value is -0.160. The Morgan fingerprint density at radius 2 is 1.75 bits per heavy atom. The second kappa shape index (κ2) is 6.55. The van der Waals surface area contributed by atoms with Gasteiger partial charge in [-0.2, -0.15) is 0 Å². The molecule has 0 aliphatic carbocycles. The van der Waals surface area contributed by atoms with Crippen LogP contribution in [0.15, 0.2) is 0 Å². The van der Waals surface area contributed by atoms with Crippen LogP contribution in [0.4, 0.5) is 0 Å². The van der Waals surface area contributed by atoms with Gasteiger partial charge < -0.3 is 20.6 Å². The number of aliphatic hydroxyl groups is 2. The molecule has 1 atom stereocenters. The van der Waals surface area contributed by atoms with Crippen LogP contribution in [0.2, 0.25) is 0 Å². The molecular weight excluding hydrogens is 206 g/mol. The highest BCUT2D eigenvalue weighted by Crippen LogP contribution is 2.32. The fraction of sp³-hybridized carbons (Fsp3) is 1.00. The SMILES string of the molecule is CC(C)(C[OH2+])CC(C)(C)CNCC(O)CO. The second-order valence-corrected chi connectivity index (χ2v) is 6.15. The van der Waals surface area contributed by atoms with Crippen molar-refractivity contribution >= 4 is 0 Å². The lowest BCUT2D eigenvalue weighted by atomic mass is 9.75. The Kier molecular flexibility index (Phi) is 6.48. The standard InChI is InChI=1S/C12H27NO3/c1-11(2,7-12(3,4)9-15)8-13-5-10(16)6-14/h10,13-16H,5-9H2,1-4H3/p+1. The van der Waals surface area contributed by atoms with E-state index in [0.717, 1.165) is 13.0 Å². The Labute approximate surface area is 98.7 Å². The number of hydrogen-bond donors (Lipinski definition) is 3. The van der Waals surface area contributed by atoms with Crippen LogP contribution < -0.4 is 5.32 Å². The van der Waals surface area contributed by atoms with Crippen molar-refractivity contribution in [1.29, 1.82) is 0 Å². The zero-order valence-electron chi connectivity index (χ0n) is 11.0. The van der Waals surface area contributed by atoms with Gasteiger partial charge in [0.1, 0.15) is 6.61 Å². The topological polar surface area (TPSA) is 75.4 Å². The van der Waals surface area contributed by atoms with Crippen LogP contribution in [-0.2, 0) is 0 Å². The van der Waals surface area contributed by atoms with Gasteiger partial charge in [0.2, 0.25) is 0 Å². The first-order valence-corrected chi connectivity index (χ1v) is 5.87. The summed E-state index contributed by atoms with van der Waals surface area (Å²) in [5.74, 6) is 0. The molecule has 5 N–H and O–H groups in total. The van der Waals surface area contributed by atoms with Crippen molar-refractivity contribution in [1.82, 2.24) is 5.32 Å². The maximum atomic E-state index is 9.19. The summed E-state index contributed by atoms with van der Waals surface area (Å²) in [7, 11) is 0. The molecule has 0 aliphatic heterocycles. The molecule has 0 aliphatic rings. The molecule has 0 rings (SSSR count). The van der Waals surface area contributed by atoms with Gasteiger partial charge in [-0.25, -0.2) is 0 Å². The minimum atomic E-state index is -0.681. The molecule has 0 fully saturated rings. The fourth-order valence-electron chi connectivity index (χ4n) is 2.06. The van der Waals surface area contributed by atoms with Gasteiger partial charge in [0.25, 0.3) is 0 Å². The average molecular weight is 234 g/mol. The van der Waals surface area contributed by atoms with E-state index in [9.17, 15) is 5.11 Å². The summed E-state index contributed by atoms with van der Waals surface area (Å²) in [5.41, 5.74) is 0.125. The van der Waals surface area contributed by atoms with Gasteiger partial charge >= 0.3 is 0 Å². The van der Waals surface area contributed by atoms with Gasteiger partial charge in [0, 0.05) is 18.5 Å². The van der Waals surface area contributed by atoms with Gasteiger partial charge in [0.15, 0.2) is 0 Å². The molecule has 1 unspecified atom stereocenters. The van der Waals surface area contributed by atoms with Gasteiger partial charge in [-0.3, -0.25) is 0 Å². The van der Waals surface area contributed by atoms with Crippen molar-refractivity contribution in [2.24, 2.45) is 10.8 Å². The molecule has 0 spiro atoms. The molecule has 0 radical (unpaired) electrons. The van der Waals surface area contributed by atoms with E-state index in [2.05, 4.69) is 33.0 Å². The third kappa shape index (κ3) is 7.17. The highest BCUT2D eigenvalue weighted by atomic mass is 16.3. The van der Waals surface area contributed by atoms with Crippen molar-refractivity contribution in [2.75, 3.05) is 26.3 Å². The van der Waals surface area contributed by atoms with Crippen LogP contribution >= 0.6 is 0 Å². The molecule has 0 bridgehead atoms. The van der Waals surface area contributed by atoms with Gasteiger partial charge in [-0.05, 0) is 11.8 Å². The Balaban J connectivity index is 3.96. The highest BCUT2D eigenvalue weighted by molar-refractivity contribution is 4.80. The number of hydrogen-bond acceptors (Lipinski definition) is 3. The van der Waals surface area contributed by atoms with Crippen LogP contribution in [-0.4, -0.2) is 47.7 Å². The van der Waals surface area contributed by atoms with Crippen molar-refractivity contribution in [3.05, 3.63) is 0 Å². The highest BCUT2D eigenvalue weighted by Gasteiger charge is 2.29. The predicted molar refractivity (Wildman–Crippen MR) is 66.6 cm³/mol. The minimum Gasteiger partial charge on any atom is -0.445 e. The van der Waals surface area contributed by atoms with E-state index in [1.54, 1.807) is 0 Å². The van der Waals surface area contributed by atoms with E-state index in [4.69, 9.17) is 10.2 Å². The van der Waals surface area contributed by atoms with Gasteiger partial charge in [-0.1, -0.05) is 27.7 Å². The molecule has 4 heteroatoms. The van der Waals surface area contributed by atoms with Crippen LogP contribution in [0.1, 0.15) is 34.1 Å². The quantitative estimate of drug-likeness (QED) is 0.521. The average Bonchev–Trinajstić information content (AvgIpc) is 2.15. The van der Waals surface area contributed by atoms with Crippen LogP contribution in [0.25, 0.3) is 0 Å². The normalized spacial score (nSPS) is 15.2. The monoisotopic (exact) mass is 234 g/mol. The third-order valence-electron chi connectivity index (χ3n) is 2.63. The minimum absolute atomic E-state index is 0.0285. The summed E-state index contributed by atoms with van der Waals surface area (Å²) < 4.78 is 0. The van der Waals surface area contributed by atoms with Crippen molar-refractivity contribution in [3.8, 4) is 0 Å². The second-order valence-electron chi connectivity index (χ2n) is 6.15. The molecule has 0 aromatic heterocycles. The molecule has 0 amide bonds. The first-order valence-electron chi connectivity index (χ1n) is 5.87. The summed E-state index contributed by atoms with van der Waals surface area (Å²) in [4.78, 5) is 0. The first kappa shape index (κ1) is 15.8. The van der Waals surface area contributed by atoms with Crippen LogP contribution in [0, 0.1) is 10.8 Å². The van der Waals surface area contributed by atoms with E-state index in [-0.39, 0.29) is 17.4 Å². The summed E-state index contributed by atoms with van der Waals surface area (Å²) in [6.07, 6.45) is 0.283. The van der Waals surface area contributed by atoms with Crippen molar-refractivity contribution in [2.45, 2.75) is 40.2 Å². The Bertz CT molecular complexity index is 193. The maximum absolute atomic E-state index is 9.19. The molecule has 0 aromatic rings. The van der Waals surface area contributed by atoms with Crippen LogP contribution in [0.3, 0.4) is 0 Å². The number of aliphatic hydroxyl groups excluding tert-OH is 2. The lowest BCUT2D eigenvalue weighted by Crippen LogP contribution is -2.38. The Morgan fingerprint density at radius 1 is 1.19 bits per heavy atom. The predicted octanol–water partition coefficient (Wildman–Crippen LogP) is 0.0963. The molecular formula is C12H28NO3+. The van der Waals surface area contributed by atoms with Crippen LogP contribution in [0.5, 0.6) is 0 Å². The first-order chi connectivity index (χ1) is 7.22. The van der Waals surface area contributed by atoms with Crippen molar-refractivity contribution < 1.29 is 15.3 Å². The molecule has 0 saturated heterocycles. The van der Waals surface area contributed by atoms with E-state index in [1.807, 2.05) is 0 Å². The number of nitrogens with one attached hydrogen (secondary N) is 1. The third-order valence-corrected chi connectivity index (χ3v) is 2.63. The summed E-state index contributed by atoms with van der Waals surface area (Å²) >= 11 is 0. The molecule has 0 saturated carbocycles. The Morgan fingerprint density at radius 3 is 2.19 bits per heavy atom. The summed E-state index contributed by atoms with van der Waals surface area (Å²) in [5, 5.41) is 28.5. The number of rotatable bonds is 8. The van der Waals surface area contributed by atoms with Gasteiger partial charge in [0.05, 0.1) is 12.7 Å². The lowest BCUT2D eigenvalue weighted by molar-refractivity contribution is 0.0822. The lowest BCUT2D eigenvalue weighted by Gasteiger charge is -2.32. The molecule has 0 aromatic carbocycles. The molecule has 0 heterocycles. The molecule has 98 valence electrons.